The largest absolute Gasteiger partial charge is 0.298 e. The predicted octanol–water partition coefficient (Wildman–Crippen LogP) is 3.45. The van der Waals surface area contributed by atoms with Crippen LogP contribution in [0.3, 0.4) is 0 Å². The van der Waals surface area contributed by atoms with Gasteiger partial charge >= 0.3 is 0 Å². The van der Waals surface area contributed by atoms with E-state index in [9.17, 15) is 0 Å². The van der Waals surface area contributed by atoms with E-state index in [4.69, 9.17) is 9.82 Å². The Morgan fingerprint density at radius 2 is 1.96 bits per heavy atom. The molecule has 3 rings (SSSR count). The second-order valence-electron chi connectivity index (χ2n) is 6.74. The fourth-order valence-corrected chi connectivity index (χ4v) is 3.25. The molecule has 2 aromatic rings. The van der Waals surface area contributed by atoms with E-state index in [-0.39, 0.29) is 0 Å². The molecule has 0 saturated carbocycles. The molecule has 0 spiro atoms. The van der Waals surface area contributed by atoms with Gasteiger partial charge in [0.1, 0.15) is 0 Å². The molecule has 4 nitrogen and oxygen atoms in total. The first kappa shape index (κ1) is 17.1. The Morgan fingerprint density at radius 3 is 2.67 bits per heavy atom. The Hall–Kier alpha value is -1.75. The fourth-order valence-electron chi connectivity index (χ4n) is 3.25. The van der Waals surface area contributed by atoms with Gasteiger partial charge in [-0.3, -0.25) is 14.7 Å². The van der Waals surface area contributed by atoms with Gasteiger partial charge in [-0.05, 0) is 36.6 Å². The van der Waals surface area contributed by atoms with Crippen molar-refractivity contribution in [3.05, 3.63) is 65.5 Å². The van der Waals surface area contributed by atoms with Crippen molar-refractivity contribution in [2.45, 2.75) is 31.9 Å². The van der Waals surface area contributed by atoms with Crippen molar-refractivity contribution in [2.75, 3.05) is 27.2 Å². The molecular weight excluding hydrogens is 298 g/mol. The lowest BCUT2D eigenvalue weighted by Gasteiger charge is -2.32. The second-order valence-corrected chi connectivity index (χ2v) is 6.74. The number of aromatic nitrogens is 1. The van der Waals surface area contributed by atoms with E-state index in [0.717, 1.165) is 18.7 Å². The molecule has 1 unspecified atom stereocenters. The van der Waals surface area contributed by atoms with Crippen LogP contribution in [0, 0.1) is 0 Å². The first-order valence-corrected chi connectivity index (χ1v) is 8.72. The molecule has 24 heavy (non-hydrogen) atoms. The maximum absolute atomic E-state index is 5.48. The highest BCUT2D eigenvalue weighted by molar-refractivity contribution is 5.18. The molecule has 1 aliphatic heterocycles. The molecule has 1 atom stereocenters. The Morgan fingerprint density at radius 1 is 1.12 bits per heavy atom. The third-order valence-corrected chi connectivity index (χ3v) is 4.51. The average molecular weight is 325 g/mol. The van der Waals surface area contributed by atoms with Crippen LogP contribution in [0.1, 0.15) is 35.6 Å². The van der Waals surface area contributed by atoms with E-state index in [1.807, 2.05) is 20.3 Å². The van der Waals surface area contributed by atoms with Crippen LogP contribution in [0.4, 0.5) is 0 Å². The SMILES string of the molecule is CN(C)OCc1ccc(C2CCCN(Cc3ccccc3)C2)nc1. The molecule has 0 bridgehead atoms. The monoisotopic (exact) mass is 325 g/mol. The minimum Gasteiger partial charge on any atom is -0.298 e. The van der Waals surface area contributed by atoms with Gasteiger partial charge in [0.2, 0.25) is 0 Å². The van der Waals surface area contributed by atoms with Gasteiger partial charge in [0.25, 0.3) is 0 Å². The molecule has 4 heteroatoms. The molecule has 2 heterocycles. The lowest BCUT2D eigenvalue weighted by atomic mass is 9.93. The number of rotatable bonds is 6. The molecule has 1 aliphatic rings. The number of piperidine rings is 1. The van der Waals surface area contributed by atoms with E-state index >= 15 is 0 Å². The highest BCUT2D eigenvalue weighted by atomic mass is 16.7. The summed E-state index contributed by atoms with van der Waals surface area (Å²) in [5, 5.41) is 1.72. The molecule has 0 N–H and O–H groups in total. The van der Waals surface area contributed by atoms with Crippen molar-refractivity contribution < 1.29 is 4.84 Å². The van der Waals surface area contributed by atoms with E-state index in [1.165, 1.54) is 30.6 Å². The molecule has 1 fully saturated rings. The van der Waals surface area contributed by atoms with Crippen LogP contribution < -0.4 is 0 Å². The zero-order valence-corrected chi connectivity index (χ0v) is 14.7. The van der Waals surface area contributed by atoms with Crippen LogP contribution >= 0.6 is 0 Å². The van der Waals surface area contributed by atoms with Gasteiger partial charge in [0, 0.05) is 45.0 Å². The summed E-state index contributed by atoms with van der Waals surface area (Å²) in [7, 11) is 3.79. The van der Waals surface area contributed by atoms with Gasteiger partial charge in [-0.25, -0.2) is 0 Å². The van der Waals surface area contributed by atoms with Gasteiger partial charge in [-0.2, -0.15) is 5.06 Å². The van der Waals surface area contributed by atoms with Crippen LogP contribution in [0.5, 0.6) is 0 Å². The third kappa shape index (κ3) is 4.87. The summed E-state index contributed by atoms with van der Waals surface area (Å²) in [4.78, 5) is 12.7. The average Bonchev–Trinajstić information content (AvgIpc) is 2.61. The molecule has 0 aliphatic carbocycles. The molecule has 128 valence electrons. The highest BCUT2D eigenvalue weighted by Gasteiger charge is 2.22. The summed E-state index contributed by atoms with van der Waals surface area (Å²) in [6.07, 6.45) is 4.42. The Kier molecular flexibility index (Phi) is 5.96. The van der Waals surface area contributed by atoms with Crippen LogP contribution in [0.2, 0.25) is 0 Å². The van der Waals surface area contributed by atoms with Crippen LogP contribution in [-0.2, 0) is 18.0 Å². The van der Waals surface area contributed by atoms with Crippen molar-refractivity contribution >= 4 is 0 Å². The van der Waals surface area contributed by atoms with Crippen LogP contribution in [-0.4, -0.2) is 42.1 Å². The number of pyridine rings is 1. The molecular formula is C20H27N3O. The molecule has 0 amide bonds. The van der Waals surface area contributed by atoms with E-state index in [2.05, 4.69) is 47.4 Å². The van der Waals surface area contributed by atoms with Crippen molar-refractivity contribution in [2.24, 2.45) is 0 Å². The van der Waals surface area contributed by atoms with Crippen molar-refractivity contribution in [1.29, 1.82) is 0 Å². The standard InChI is InChI=1S/C20H27N3O/c1-22(2)24-16-18-10-11-20(21-13-18)19-9-6-12-23(15-19)14-17-7-4-3-5-8-17/h3-5,7-8,10-11,13,19H,6,9,12,14-16H2,1-2H3. The topological polar surface area (TPSA) is 28.6 Å². The fraction of sp³-hybridized carbons (Fsp3) is 0.450. The van der Waals surface area contributed by atoms with Crippen molar-refractivity contribution in [3.63, 3.8) is 0 Å². The minimum absolute atomic E-state index is 0.534. The number of hydrogen-bond donors (Lipinski definition) is 0. The normalized spacial score (nSPS) is 18.9. The molecule has 1 aromatic carbocycles. The molecule has 1 aromatic heterocycles. The number of nitrogens with zero attached hydrogens (tertiary/aromatic N) is 3. The molecule has 0 radical (unpaired) electrons. The maximum atomic E-state index is 5.48. The van der Waals surface area contributed by atoms with Crippen molar-refractivity contribution in [1.82, 2.24) is 14.9 Å². The van der Waals surface area contributed by atoms with E-state index in [1.54, 1.807) is 5.06 Å². The molecule has 1 saturated heterocycles. The summed E-state index contributed by atoms with van der Waals surface area (Å²) in [5.41, 5.74) is 3.72. The number of benzene rings is 1. The highest BCUT2D eigenvalue weighted by Crippen LogP contribution is 2.26. The third-order valence-electron chi connectivity index (χ3n) is 4.51. The lowest BCUT2D eigenvalue weighted by Crippen LogP contribution is -2.34. The van der Waals surface area contributed by atoms with Gasteiger partial charge in [0.15, 0.2) is 0 Å². The summed E-state index contributed by atoms with van der Waals surface area (Å²) >= 11 is 0. The van der Waals surface area contributed by atoms with Crippen molar-refractivity contribution in [3.8, 4) is 0 Å². The Labute approximate surface area is 145 Å². The zero-order chi connectivity index (χ0) is 16.8. The van der Waals surface area contributed by atoms with Crippen LogP contribution in [0.25, 0.3) is 0 Å². The smallest absolute Gasteiger partial charge is 0.0950 e. The zero-order valence-electron chi connectivity index (χ0n) is 14.7. The van der Waals surface area contributed by atoms with Gasteiger partial charge in [-0.15, -0.1) is 0 Å². The van der Waals surface area contributed by atoms with Gasteiger partial charge < -0.3 is 0 Å². The quantitative estimate of drug-likeness (QED) is 0.761. The summed E-state index contributed by atoms with van der Waals surface area (Å²) in [6, 6.07) is 15.0. The second kappa shape index (κ2) is 8.38. The summed E-state index contributed by atoms with van der Waals surface area (Å²) < 4.78 is 0. The minimum atomic E-state index is 0.534. The van der Waals surface area contributed by atoms with E-state index < -0.39 is 0 Å². The number of hydrogen-bond acceptors (Lipinski definition) is 4. The maximum Gasteiger partial charge on any atom is 0.0950 e. The first-order chi connectivity index (χ1) is 11.7. The number of likely N-dealkylation sites (tertiary alicyclic amines) is 1. The van der Waals surface area contributed by atoms with Gasteiger partial charge in [-0.1, -0.05) is 36.4 Å². The summed E-state index contributed by atoms with van der Waals surface area (Å²) in [6.45, 7) is 3.88. The Bertz CT molecular complexity index is 613. The number of hydroxylamine groups is 2. The lowest BCUT2D eigenvalue weighted by molar-refractivity contribution is -0.130. The van der Waals surface area contributed by atoms with Crippen LogP contribution in [0.15, 0.2) is 48.7 Å². The predicted molar refractivity (Wildman–Crippen MR) is 96.4 cm³/mol. The Balaban J connectivity index is 1.58. The first-order valence-electron chi connectivity index (χ1n) is 8.72. The van der Waals surface area contributed by atoms with E-state index in [0.29, 0.717) is 12.5 Å². The summed E-state index contributed by atoms with van der Waals surface area (Å²) in [5.74, 6) is 0.534. The van der Waals surface area contributed by atoms with Gasteiger partial charge in [0.05, 0.1) is 6.61 Å².